The topological polar surface area (TPSA) is 118 Å². The van der Waals surface area contributed by atoms with Crippen LogP contribution in [0.4, 0.5) is 0 Å². The molecule has 1 aromatic carbocycles. The molecule has 0 amide bonds. The number of carbonyl (C=O) groups excluding carboxylic acids is 1. The molecular weight excluding hydrogens is 402 g/mol. The van der Waals surface area contributed by atoms with Gasteiger partial charge < -0.3 is 14.2 Å². The van der Waals surface area contributed by atoms with Crippen molar-refractivity contribution < 1.29 is 28.0 Å². The van der Waals surface area contributed by atoms with Gasteiger partial charge in [-0.05, 0) is 36.6 Å². The van der Waals surface area contributed by atoms with Gasteiger partial charge in [0.15, 0.2) is 22.6 Å². The summed E-state index contributed by atoms with van der Waals surface area (Å²) in [6.07, 6.45) is 1.62. The second-order valence-electron chi connectivity index (χ2n) is 5.45. The van der Waals surface area contributed by atoms with Gasteiger partial charge in [0.05, 0.1) is 5.75 Å². The summed E-state index contributed by atoms with van der Waals surface area (Å²) >= 11 is 1.11. The quantitative estimate of drug-likeness (QED) is 0.551. The van der Waals surface area contributed by atoms with Crippen LogP contribution in [0.15, 0.2) is 27.2 Å². The molecule has 126 valence electrons. The number of ketones is 1. The lowest BCUT2D eigenvalue weighted by atomic mass is 9.96. The summed E-state index contributed by atoms with van der Waals surface area (Å²) in [6, 6.07) is 4.66. The average molecular weight is 414 g/mol. The van der Waals surface area contributed by atoms with Gasteiger partial charge in [-0.25, -0.2) is 9.00 Å². The number of rotatable bonds is 6. The van der Waals surface area contributed by atoms with Gasteiger partial charge in [0, 0.05) is 16.0 Å². The maximum Gasteiger partial charge on any atom is 0.358 e. The van der Waals surface area contributed by atoms with E-state index >= 15 is 0 Å². The molecule has 1 aliphatic rings. The molecule has 0 radical (unpaired) electrons. The summed E-state index contributed by atoms with van der Waals surface area (Å²) in [6.45, 7) is 0. The number of aromatic nitrogens is 1. The summed E-state index contributed by atoms with van der Waals surface area (Å²) in [5.41, 5.74) is 0.000813. The van der Waals surface area contributed by atoms with Crippen LogP contribution in [0.5, 0.6) is 0 Å². The Bertz CT molecular complexity index is 858. The summed E-state index contributed by atoms with van der Waals surface area (Å²) in [5.74, 6) is -1.89. The van der Waals surface area contributed by atoms with E-state index in [1.807, 2.05) is 0 Å². The normalized spacial score (nSPS) is 15.2. The summed E-state index contributed by atoms with van der Waals surface area (Å²) in [4.78, 5) is 24.3. The van der Waals surface area contributed by atoms with E-state index in [4.69, 9.17) is 9.08 Å². The van der Waals surface area contributed by atoms with E-state index < -0.39 is 28.5 Å². The molecular formula is C15H12BrNO6S. The summed E-state index contributed by atoms with van der Waals surface area (Å²) in [7, 11) is 0. The van der Waals surface area contributed by atoms with Gasteiger partial charge in [0.1, 0.15) is 5.56 Å². The Balaban J connectivity index is 2.11. The molecule has 1 heterocycles. The summed E-state index contributed by atoms with van der Waals surface area (Å²) < 4.78 is 26.1. The van der Waals surface area contributed by atoms with E-state index in [-0.39, 0.29) is 28.6 Å². The first-order chi connectivity index (χ1) is 11.4. The zero-order valence-corrected chi connectivity index (χ0v) is 14.6. The number of hydrogen-bond acceptors (Lipinski definition) is 5. The first kappa shape index (κ1) is 17.0. The third-order valence-electron chi connectivity index (χ3n) is 3.69. The van der Waals surface area contributed by atoms with Gasteiger partial charge in [-0.3, -0.25) is 4.79 Å². The molecule has 24 heavy (non-hydrogen) atoms. The molecule has 1 saturated carbocycles. The SMILES string of the molecule is O=C(O)c1noc(C2CC2)c1C(=O)c1ccc(Br)cc1CS(=O)O. The minimum Gasteiger partial charge on any atom is -0.476 e. The first-order valence-corrected chi connectivity index (χ1v) is 9.08. The van der Waals surface area contributed by atoms with Gasteiger partial charge in [-0.2, -0.15) is 0 Å². The van der Waals surface area contributed by atoms with Gasteiger partial charge in [-0.15, -0.1) is 0 Å². The standard InChI is InChI=1S/C15H12BrNO6S/c16-9-3-4-10(8(5-9)6-24(21)22)13(18)11-12(15(19)20)17-23-14(11)7-1-2-7/h3-5,7H,1-2,6H2,(H,19,20)(H,21,22). The van der Waals surface area contributed by atoms with Crippen LogP contribution < -0.4 is 0 Å². The Hall–Kier alpha value is -1.84. The lowest BCUT2D eigenvalue weighted by Crippen LogP contribution is -2.13. The molecule has 1 fully saturated rings. The minimum atomic E-state index is -2.14. The molecule has 7 nitrogen and oxygen atoms in total. The Morgan fingerprint density at radius 1 is 1.38 bits per heavy atom. The monoisotopic (exact) mass is 413 g/mol. The number of carboxylic acids is 1. The van der Waals surface area contributed by atoms with E-state index in [9.17, 15) is 18.9 Å². The molecule has 2 aromatic rings. The van der Waals surface area contributed by atoms with Crippen LogP contribution >= 0.6 is 15.9 Å². The van der Waals surface area contributed by atoms with Crippen molar-refractivity contribution in [2.45, 2.75) is 24.5 Å². The Kier molecular flexibility index (Phi) is 4.66. The van der Waals surface area contributed by atoms with Crippen molar-refractivity contribution in [3.63, 3.8) is 0 Å². The van der Waals surface area contributed by atoms with E-state index in [2.05, 4.69) is 21.1 Å². The van der Waals surface area contributed by atoms with E-state index in [0.717, 1.165) is 12.8 Å². The second kappa shape index (κ2) is 6.58. The highest BCUT2D eigenvalue weighted by Gasteiger charge is 2.37. The Morgan fingerprint density at radius 3 is 2.67 bits per heavy atom. The zero-order chi connectivity index (χ0) is 17.4. The molecule has 0 aliphatic heterocycles. The Labute approximate surface area is 147 Å². The zero-order valence-electron chi connectivity index (χ0n) is 12.2. The number of hydrogen-bond donors (Lipinski definition) is 2. The highest BCUT2D eigenvalue weighted by Crippen LogP contribution is 2.43. The van der Waals surface area contributed by atoms with Crippen molar-refractivity contribution >= 4 is 38.8 Å². The van der Waals surface area contributed by atoms with Crippen molar-refractivity contribution in [1.29, 1.82) is 0 Å². The molecule has 1 unspecified atom stereocenters. The van der Waals surface area contributed by atoms with Crippen LogP contribution in [0.2, 0.25) is 0 Å². The van der Waals surface area contributed by atoms with Crippen LogP contribution in [0, 0.1) is 0 Å². The first-order valence-electron chi connectivity index (χ1n) is 7.02. The predicted octanol–water partition coefficient (Wildman–Crippen LogP) is 2.97. The van der Waals surface area contributed by atoms with Gasteiger partial charge in [-0.1, -0.05) is 21.1 Å². The number of carboxylic acid groups (broad SMARTS) is 1. The molecule has 1 aliphatic carbocycles. The van der Waals surface area contributed by atoms with Gasteiger partial charge >= 0.3 is 5.97 Å². The molecule has 1 atom stereocenters. The van der Waals surface area contributed by atoms with Crippen molar-refractivity contribution in [3.05, 3.63) is 50.8 Å². The van der Waals surface area contributed by atoms with E-state index in [1.165, 1.54) is 6.07 Å². The maximum atomic E-state index is 12.9. The van der Waals surface area contributed by atoms with Crippen LogP contribution in [-0.2, 0) is 16.8 Å². The maximum absolute atomic E-state index is 12.9. The fraction of sp³-hybridized carbons (Fsp3) is 0.267. The lowest BCUT2D eigenvalue weighted by Gasteiger charge is -2.08. The second-order valence-corrected chi connectivity index (χ2v) is 7.29. The van der Waals surface area contributed by atoms with Crippen molar-refractivity contribution in [2.24, 2.45) is 0 Å². The number of halogens is 1. The molecule has 0 spiro atoms. The number of benzene rings is 1. The minimum absolute atomic E-state index is 0.00424. The Morgan fingerprint density at radius 2 is 2.08 bits per heavy atom. The molecule has 2 N–H and O–H groups in total. The molecule has 3 rings (SSSR count). The van der Waals surface area contributed by atoms with Gasteiger partial charge in [0.25, 0.3) is 0 Å². The number of carbonyl (C=O) groups is 2. The smallest absolute Gasteiger partial charge is 0.358 e. The highest BCUT2D eigenvalue weighted by molar-refractivity contribution is 9.10. The lowest BCUT2D eigenvalue weighted by molar-refractivity contribution is 0.0682. The molecule has 1 aromatic heterocycles. The third-order valence-corrected chi connectivity index (χ3v) is 4.74. The van der Waals surface area contributed by atoms with Crippen LogP contribution in [0.1, 0.15) is 56.5 Å². The highest BCUT2D eigenvalue weighted by atomic mass is 79.9. The van der Waals surface area contributed by atoms with Crippen molar-refractivity contribution in [3.8, 4) is 0 Å². The van der Waals surface area contributed by atoms with Crippen LogP contribution in [0.3, 0.4) is 0 Å². The molecule has 0 saturated heterocycles. The fourth-order valence-electron chi connectivity index (χ4n) is 2.46. The predicted molar refractivity (Wildman–Crippen MR) is 87.5 cm³/mol. The summed E-state index contributed by atoms with van der Waals surface area (Å²) in [5, 5.41) is 12.8. The fourth-order valence-corrected chi connectivity index (χ4v) is 3.38. The van der Waals surface area contributed by atoms with Crippen LogP contribution in [0.25, 0.3) is 0 Å². The van der Waals surface area contributed by atoms with E-state index in [0.29, 0.717) is 10.0 Å². The van der Waals surface area contributed by atoms with Gasteiger partial charge in [0.2, 0.25) is 5.69 Å². The largest absolute Gasteiger partial charge is 0.476 e. The van der Waals surface area contributed by atoms with Crippen molar-refractivity contribution in [2.75, 3.05) is 0 Å². The third kappa shape index (κ3) is 3.33. The van der Waals surface area contributed by atoms with Crippen LogP contribution in [-0.4, -0.2) is 30.8 Å². The molecule has 9 heteroatoms. The van der Waals surface area contributed by atoms with E-state index in [1.54, 1.807) is 12.1 Å². The number of aromatic carboxylic acids is 1. The molecule has 0 bridgehead atoms. The number of nitrogens with zero attached hydrogens (tertiary/aromatic N) is 1. The van der Waals surface area contributed by atoms with Crippen molar-refractivity contribution in [1.82, 2.24) is 5.16 Å². The average Bonchev–Trinajstić information content (AvgIpc) is 3.24.